The number of hydrogen-bond donors (Lipinski definition) is 3. The number of nitrogens with zero attached hydrogens (tertiary/aromatic N) is 4. The van der Waals surface area contributed by atoms with Gasteiger partial charge in [-0.25, -0.2) is 19.9 Å². The number of carboxylic acids is 1. The summed E-state index contributed by atoms with van der Waals surface area (Å²) in [4.78, 5) is 28.4. The topological polar surface area (TPSA) is 126 Å². The van der Waals surface area contributed by atoms with E-state index in [0.717, 1.165) is 50.3 Å². The highest BCUT2D eigenvalue weighted by molar-refractivity contribution is 5.85. The minimum absolute atomic E-state index is 0.0295. The fourth-order valence-electron chi connectivity index (χ4n) is 4.12. The molecule has 0 bridgehead atoms. The third-order valence-electron chi connectivity index (χ3n) is 6.03. The highest BCUT2D eigenvalue weighted by Crippen LogP contribution is 2.29. The number of aryl methyl sites for hydroxylation is 2. The first-order chi connectivity index (χ1) is 17.9. The molecule has 0 saturated heterocycles. The molecule has 0 fully saturated rings. The molecule has 3 aromatic heterocycles. The molecule has 0 aliphatic rings. The van der Waals surface area contributed by atoms with Crippen molar-refractivity contribution in [2.75, 3.05) is 17.2 Å². The fraction of sp³-hybridized carbons (Fsp3) is 0.179. The molecular formula is C28H26N6O3. The summed E-state index contributed by atoms with van der Waals surface area (Å²) < 4.78 is 5.58. The number of nitrogens with one attached hydrogen (secondary N) is 2. The monoisotopic (exact) mass is 494 g/mol. The summed E-state index contributed by atoms with van der Waals surface area (Å²) in [5, 5.41) is 16.0. The van der Waals surface area contributed by atoms with Crippen LogP contribution in [0, 0.1) is 13.8 Å². The van der Waals surface area contributed by atoms with Gasteiger partial charge in [-0.05, 0) is 61.7 Å². The summed E-state index contributed by atoms with van der Waals surface area (Å²) >= 11 is 0. The molecule has 1 unspecified atom stereocenters. The van der Waals surface area contributed by atoms with Crippen molar-refractivity contribution in [1.29, 1.82) is 0 Å². The lowest BCUT2D eigenvalue weighted by Gasteiger charge is -2.17. The summed E-state index contributed by atoms with van der Waals surface area (Å²) in [5.41, 5.74) is 6.65. The Morgan fingerprint density at radius 2 is 1.81 bits per heavy atom. The van der Waals surface area contributed by atoms with E-state index in [1.807, 2.05) is 44.2 Å². The van der Waals surface area contributed by atoms with Crippen LogP contribution < -0.4 is 10.6 Å². The Hall–Kier alpha value is -4.79. The Balaban J connectivity index is 1.35. The average molecular weight is 495 g/mol. The first-order valence-electron chi connectivity index (χ1n) is 11.8. The van der Waals surface area contributed by atoms with E-state index in [-0.39, 0.29) is 18.5 Å². The zero-order valence-corrected chi connectivity index (χ0v) is 20.7. The molecule has 186 valence electrons. The lowest BCUT2D eigenvalue weighted by molar-refractivity contribution is -0.134. The first-order valence-corrected chi connectivity index (χ1v) is 11.8. The average Bonchev–Trinajstić information content (AvgIpc) is 3.27. The number of furan rings is 1. The van der Waals surface area contributed by atoms with Crippen molar-refractivity contribution in [3.63, 3.8) is 0 Å². The predicted molar refractivity (Wildman–Crippen MR) is 142 cm³/mol. The SMILES string of the molecule is Cc1nc(NC(C)c2cccc(-c3cnc(NCC(=O)O)nc3)c2)cc(-c2ccc3occ(C)c3c2)n1. The Kier molecular flexibility index (Phi) is 6.51. The Labute approximate surface area is 213 Å². The molecule has 5 aromatic rings. The van der Waals surface area contributed by atoms with Crippen molar-refractivity contribution in [2.45, 2.75) is 26.8 Å². The van der Waals surface area contributed by atoms with Crippen molar-refractivity contribution < 1.29 is 14.3 Å². The van der Waals surface area contributed by atoms with E-state index in [4.69, 9.17) is 9.52 Å². The lowest BCUT2D eigenvalue weighted by atomic mass is 10.0. The highest BCUT2D eigenvalue weighted by Gasteiger charge is 2.12. The molecule has 0 aliphatic carbocycles. The predicted octanol–water partition coefficient (Wildman–Crippen LogP) is 5.63. The first kappa shape index (κ1) is 23.9. The van der Waals surface area contributed by atoms with Gasteiger partial charge >= 0.3 is 5.97 Å². The van der Waals surface area contributed by atoms with Crippen LogP contribution in [0.3, 0.4) is 0 Å². The van der Waals surface area contributed by atoms with E-state index in [1.165, 1.54) is 0 Å². The molecule has 0 radical (unpaired) electrons. The summed E-state index contributed by atoms with van der Waals surface area (Å²) in [6, 6.07) is 16.1. The van der Waals surface area contributed by atoms with Gasteiger partial charge in [0.15, 0.2) is 0 Å². The fourth-order valence-corrected chi connectivity index (χ4v) is 4.12. The molecule has 3 heterocycles. The minimum atomic E-state index is -0.970. The van der Waals surface area contributed by atoms with Crippen LogP contribution in [-0.2, 0) is 4.79 Å². The Morgan fingerprint density at radius 3 is 2.59 bits per heavy atom. The second kappa shape index (κ2) is 10.1. The Morgan fingerprint density at radius 1 is 1.00 bits per heavy atom. The number of fused-ring (bicyclic) bond motifs is 1. The smallest absolute Gasteiger partial charge is 0.322 e. The van der Waals surface area contributed by atoms with Crippen LogP contribution in [0.25, 0.3) is 33.4 Å². The number of aliphatic carboxylic acids is 1. The van der Waals surface area contributed by atoms with Gasteiger partial charge in [0, 0.05) is 41.0 Å². The largest absolute Gasteiger partial charge is 0.480 e. The van der Waals surface area contributed by atoms with Gasteiger partial charge in [-0.15, -0.1) is 0 Å². The maximum absolute atomic E-state index is 10.7. The zero-order valence-electron chi connectivity index (χ0n) is 20.7. The lowest BCUT2D eigenvalue weighted by Crippen LogP contribution is -2.14. The maximum Gasteiger partial charge on any atom is 0.322 e. The third kappa shape index (κ3) is 5.40. The van der Waals surface area contributed by atoms with Gasteiger partial charge in [-0.1, -0.05) is 18.2 Å². The van der Waals surface area contributed by atoms with Crippen molar-refractivity contribution in [3.05, 3.63) is 84.1 Å². The maximum atomic E-state index is 10.7. The van der Waals surface area contributed by atoms with Crippen LogP contribution in [0.2, 0.25) is 0 Å². The molecule has 0 spiro atoms. The molecule has 9 nitrogen and oxygen atoms in total. The number of anilines is 2. The van der Waals surface area contributed by atoms with E-state index in [1.54, 1.807) is 18.7 Å². The molecule has 2 aromatic carbocycles. The number of carbonyl (C=O) groups is 1. The summed E-state index contributed by atoms with van der Waals surface area (Å²) in [7, 11) is 0. The Bertz CT molecular complexity index is 1580. The van der Waals surface area contributed by atoms with Crippen molar-refractivity contribution in [2.24, 2.45) is 0 Å². The van der Waals surface area contributed by atoms with Crippen LogP contribution in [0.5, 0.6) is 0 Å². The molecule has 0 aliphatic heterocycles. The molecule has 0 saturated carbocycles. The number of carboxylic acid groups (broad SMARTS) is 1. The number of hydrogen-bond acceptors (Lipinski definition) is 8. The quantitative estimate of drug-likeness (QED) is 0.251. The van der Waals surface area contributed by atoms with Gasteiger partial charge in [0.05, 0.1) is 12.0 Å². The van der Waals surface area contributed by atoms with Gasteiger partial charge < -0.3 is 20.2 Å². The molecular weight excluding hydrogens is 468 g/mol. The van der Waals surface area contributed by atoms with Gasteiger partial charge in [0.25, 0.3) is 0 Å². The standard InChI is InChI=1S/C28H26N6O3/c1-16-15-37-25-8-7-21(10-23(16)25)24-11-26(34-18(3)33-24)32-17(2)19-5-4-6-20(9-19)22-12-29-28(30-13-22)31-14-27(35)36/h4-13,15,17H,14H2,1-3H3,(H,35,36)(H,29,30,31)(H,32,33,34). The van der Waals surface area contributed by atoms with Gasteiger partial charge in [0.1, 0.15) is 23.8 Å². The number of aromatic nitrogens is 4. The molecule has 1 atom stereocenters. The normalized spacial score (nSPS) is 11.9. The molecule has 9 heteroatoms. The zero-order chi connectivity index (χ0) is 25.9. The summed E-state index contributed by atoms with van der Waals surface area (Å²) in [6.07, 6.45) is 5.11. The number of benzene rings is 2. The summed E-state index contributed by atoms with van der Waals surface area (Å²) in [5.74, 6) is 0.719. The second-order valence-electron chi connectivity index (χ2n) is 8.85. The van der Waals surface area contributed by atoms with Gasteiger partial charge in [0.2, 0.25) is 5.95 Å². The summed E-state index contributed by atoms with van der Waals surface area (Å²) in [6.45, 7) is 5.75. The highest BCUT2D eigenvalue weighted by atomic mass is 16.4. The second-order valence-corrected chi connectivity index (χ2v) is 8.85. The van der Waals surface area contributed by atoms with Crippen LogP contribution >= 0.6 is 0 Å². The molecule has 3 N–H and O–H groups in total. The van der Waals surface area contributed by atoms with Gasteiger partial charge in [-0.2, -0.15) is 0 Å². The van der Waals surface area contributed by atoms with Crippen LogP contribution in [0.1, 0.15) is 29.9 Å². The van der Waals surface area contributed by atoms with E-state index in [2.05, 4.69) is 55.7 Å². The van der Waals surface area contributed by atoms with E-state index >= 15 is 0 Å². The van der Waals surface area contributed by atoms with E-state index in [9.17, 15) is 4.79 Å². The van der Waals surface area contributed by atoms with E-state index in [0.29, 0.717) is 5.82 Å². The van der Waals surface area contributed by atoms with Gasteiger partial charge in [-0.3, -0.25) is 4.79 Å². The number of rotatable bonds is 8. The molecule has 0 amide bonds. The van der Waals surface area contributed by atoms with Crippen LogP contribution in [0.15, 0.2) is 71.6 Å². The minimum Gasteiger partial charge on any atom is -0.480 e. The van der Waals surface area contributed by atoms with Crippen LogP contribution in [-0.4, -0.2) is 37.6 Å². The third-order valence-corrected chi connectivity index (χ3v) is 6.03. The molecule has 37 heavy (non-hydrogen) atoms. The van der Waals surface area contributed by atoms with Crippen molar-refractivity contribution in [1.82, 2.24) is 19.9 Å². The van der Waals surface area contributed by atoms with E-state index < -0.39 is 5.97 Å². The van der Waals surface area contributed by atoms with Crippen molar-refractivity contribution >= 4 is 28.7 Å². The molecule has 5 rings (SSSR count). The van der Waals surface area contributed by atoms with Crippen molar-refractivity contribution in [3.8, 4) is 22.4 Å². The van der Waals surface area contributed by atoms with Crippen LogP contribution in [0.4, 0.5) is 11.8 Å².